The monoisotopic (exact) mass is 526 g/mol. The third-order valence-corrected chi connectivity index (χ3v) is 7.71. The van der Waals surface area contributed by atoms with E-state index in [-0.39, 0.29) is 0 Å². The molecule has 0 aliphatic carbocycles. The standard InChI is InChI=1S/C39H30N2/c1-2-7-29-12-19-36(20-13-29)41(38-25-18-30-8-3-4-10-34(30)28-38)37-23-16-32(17-24-37)31-14-21-35(22-15-31)40-27-26-33-9-5-6-11-39(33)40/h2-28H,1H3/b7-2+. The van der Waals surface area contributed by atoms with E-state index in [2.05, 4.69) is 173 Å². The molecule has 41 heavy (non-hydrogen) atoms. The van der Waals surface area contributed by atoms with Gasteiger partial charge in [-0.1, -0.05) is 97.1 Å². The first-order valence-electron chi connectivity index (χ1n) is 14.1. The van der Waals surface area contributed by atoms with Crippen LogP contribution in [0.5, 0.6) is 0 Å². The Balaban J connectivity index is 1.23. The van der Waals surface area contributed by atoms with Gasteiger partial charge >= 0.3 is 0 Å². The number of benzene rings is 6. The fourth-order valence-corrected chi connectivity index (χ4v) is 5.62. The third-order valence-electron chi connectivity index (χ3n) is 7.71. The topological polar surface area (TPSA) is 8.17 Å². The third kappa shape index (κ3) is 4.81. The van der Waals surface area contributed by atoms with Crippen molar-refractivity contribution in [3.63, 3.8) is 0 Å². The van der Waals surface area contributed by atoms with E-state index in [4.69, 9.17) is 0 Å². The van der Waals surface area contributed by atoms with Crippen molar-refractivity contribution in [2.75, 3.05) is 4.90 Å². The van der Waals surface area contributed by atoms with Crippen molar-refractivity contribution >= 4 is 44.8 Å². The Kier molecular flexibility index (Phi) is 6.42. The maximum Gasteiger partial charge on any atom is 0.0528 e. The molecule has 0 unspecified atom stereocenters. The van der Waals surface area contributed by atoms with Gasteiger partial charge in [-0.25, -0.2) is 0 Å². The number of para-hydroxylation sites is 1. The van der Waals surface area contributed by atoms with E-state index in [0.29, 0.717) is 0 Å². The van der Waals surface area contributed by atoms with Crippen LogP contribution in [0.3, 0.4) is 0 Å². The normalized spacial score (nSPS) is 11.4. The Morgan fingerprint density at radius 1 is 0.512 bits per heavy atom. The number of rotatable bonds is 6. The van der Waals surface area contributed by atoms with Crippen LogP contribution in [0, 0.1) is 0 Å². The predicted molar refractivity (Wildman–Crippen MR) is 176 cm³/mol. The highest BCUT2D eigenvalue weighted by molar-refractivity contribution is 5.89. The summed E-state index contributed by atoms with van der Waals surface area (Å²) >= 11 is 0. The fourth-order valence-electron chi connectivity index (χ4n) is 5.62. The Morgan fingerprint density at radius 2 is 1.10 bits per heavy atom. The van der Waals surface area contributed by atoms with Crippen molar-refractivity contribution in [1.82, 2.24) is 4.57 Å². The van der Waals surface area contributed by atoms with Crippen molar-refractivity contribution in [3.05, 3.63) is 163 Å². The smallest absolute Gasteiger partial charge is 0.0528 e. The predicted octanol–water partition coefficient (Wildman–Crippen LogP) is 11.0. The number of fused-ring (bicyclic) bond motifs is 2. The number of aromatic nitrogens is 1. The Bertz CT molecular complexity index is 1980. The summed E-state index contributed by atoms with van der Waals surface area (Å²) in [6, 6.07) is 52.3. The number of hydrogen-bond donors (Lipinski definition) is 0. The summed E-state index contributed by atoms with van der Waals surface area (Å²) in [6.07, 6.45) is 6.34. The Hall–Kier alpha value is -5.34. The summed E-state index contributed by atoms with van der Waals surface area (Å²) in [6.45, 7) is 2.05. The van der Waals surface area contributed by atoms with Gasteiger partial charge < -0.3 is 9.47 Å². The van der Waals surface area contributed by atoms with Crippen LogP contribution >= 0.6 is 0 Å². The number of anilines is 3. The van der Waals surface area contributed by atoms with Crippen LogP contribution in [0.1, 0.15) is 12.5 Å². The SMILES string of the molecule is C/C=C/c1ccc(N(c2ccc(-c3ccc(-n4ccc5ccccc54)cc3)cc2)c2ccc3ccccc3c2)cc1. The summed E-state index contributed by atoms with van der Waals surface area (Å²) in [7, 11) is 0. The average Bonchev–Trinajstić information content (AvgIpc) is 3.47. The number of allylic oxidation sites excluding steroid dienone is 1. The van der Waals surface area contributed by atoms with Crippen LogP contribution in [0.15, 0.2) is 158 Å². The van der Waals surface area contributed by atoms with Gasteiger partial charge in [0, 0.05) is 28.9 Å². The van der Waals surface area contributed by atoms with Crippen LogP contribution in [-0.2, 0) is 0 Å². The average molecular weight is 527 g/mol. The highest BCUT2D eigenvalue weighted by Crippen LogP contribution is 2.37. The first-order valence-corrected chi connectivity index (χ1v) is 14.1. The van der Waals surface area contributed by atoms with E-state index < -0.39 is 0 Å². The van der Waals surface area contributed by atoms with Crippen LogP contribution < -0.4 is 4.90 Å². The molecule has 7 aromatic rings. The second-order valence-corrected chi connectivity index (χ2v) is 10.3. The van der Waals surface area contributed by atoms with E-state index >= 15 is 0 Å². The van der Waals surface area contributed by atoms with Gasteiger partial charge in [-0.2, -0.15) is 0 Å². The van der Waals surface area contributed by atoms with Crippen molar-refractivity contribution < 1.29 is 0 Å². The highest BCUT2D eigenvalue weighted by Gasteiger charge is 2.14. The molecule has 0 aliphatic heterocycles. The quantitative estimate of drug-likeness (QED) is 0.209. The number of nitrogens with zero attached hydrogens (tertiary/aromatic N) is 2. The van der Waals surface area contributed by atoms with E-state index in [0.717, 1.165) is 22.7 Å². The molecule has 6 aromatic carbocycles. The lowest BCUT2D eigenvalue weighted by Gasteiger charge is -2.26. The largest absolute Gasteiger partial charge is 0.317 e. The molecular formula is C39H30N2. The highest BCUT2D eigenvalue weighted by atomic mass is 15.1. The van der Waals surface area contributed by atoms with Crippen LogP contribution in [0.4, 0.5) is 17.1 Å². The van der Waals surface area contributed by atoms with E-state index in [1.165, 1.54) is 38.4 Å². The molecule has 0 aliphatic rings. The maximum absolute atomic E-state index is 2.33. The van der Waals surface area contributed by atoms with Gasteiger partial charge in [0.05, 0.1) is 5.52 Å². The lowest BCUT2D eigenvalue weighted by molar-refractivity contribution is 1.13. The molecule has 0 atom stereocenters. The molecular weight excluding hydrogens is 496 g/mol. The van der Waals surface area contributed by atoms with Gasteiger partial charge in [0.2, 0.25) is 0 Å². The van der Waals surface area contributed by atoms with Gasteiger partial charge in [-0.15, -0.1) is 0 Å². The van der Waals surface area contributed by atoms with Gasteiger partial charge in [0.1, 0.15) is 0 Å². The molecule has 196 valence electrons. The van der Waals surface area contributed by atoms with E-state index in [1.54, 1.807) is 0 Å². The fraction of sp³-hybridized carbons (Fsp3) is 0.0256. The van der Waals surface area contributed by atoms with Crippen molar-refractivity contribution in [3.8, 4) is 16.8 Å². The Labute approximate surface area is 241 Å². The molecule has 0 spiro atoms. The molecule has 0 saturated heterocycles. The van der Waals surface area contributed by atoms with Crippen LogP contribution in [0.2, 0.25) is 0 Å². The summed E-state index contributed by atoms with van der Waals surface area (Å²) in [5.41, 5.74) is 9.36. The van der Waals surface area contributed by atoms with Crippen molar-refractivity contribution in [2.45, 2.75) is 6.92 Å². The number of hydrogen-bond acceptors (Lipinski definition) is 1. The molecule has 1 heterocycles. The summed E-state index contributed by atoms with van der Waals surface area (Å²) < 4.78 is 2.24. The first kappa shape index (κ1) is 24.7. The van der Waals surface area contributed by atoms with Crippen molar-refractivity contribution in [1.29, 1.82) is 0 Å². The van der Waals surface area contributed by atoms with E-state index in [9.17, 15) is 0 Å². The van der Waals surface area contributed by atoms with Gasteiger partial charge in [0.25, 0.3) is 0 Å². The van der Waals surface area contributed by atoms with Crippen LogP contribution in [0.25, 0.3) is 44.6 Å². The first-order chi connectivity index (χ1) is 20.3. The molecule has 0 bridgehead atoms. The zero-order valence-corrected chi connectivity index (χ0v) is 23.0. The summed E-state index contributed by atoms with van der Waals surface area (Å²) in [5.74, 6) is 0. The minimum absolute atomic E-state index is 1.12. The molecule has 7 rings (SSSR count). The lowest BCUT2D eigenvalue weighted by atomic mass is 10.0. The van der Waals surface area contributed by atoms with Gasteiger partial charge in [0.15, 0.2) is 0 Å². The zero-order chi connectivity index (χ0) is 27.6. The molecule has 0 amide bonds. The van der Waals surface area contributed by atoms with Crippen molar-refractivity contribution in [2.24, 2.45) is 0 Å². The molecule has 2 heteroatoms. The molecule has 2 nitrogen and oxygen atoms in total. The molecule has 0 N–H and O–H groups in total. The summed E-state index contributed by atoms with van der Waals surface area (Å²) in [5, 5.41) is 3.72. The van der Waals surface area contributed by atoms with Crippen LogP contribution in [-0.4, -0.2) is 4.57 Å². The Morgan fingerprint density at radius 3 is 1.80 bits per heavy atom. The second-order valence-electron chi connectivity index (χ2n) is 10.3. The summed E-state index contributed by atoms with van der Waals surface area (Å²) in [4.78, 5) is 2.33. The molecule has 0 fully saturated rings. The van der Waals surface area contributed by atoms with Gasteiger partial charge in [-0.05, 0) is 100 Å². The second kappa shape index (κ2) is 10.7. The van der Waals surface area contributed by atoms with E-state index in [1.807, 2.05) is 6.92 Å². The zero-order valence-electron chi connectivity index (χ0n) is 23.0. The minimum Gasteiger partial charge on any atom is -0.317 e. The minimum atomic E-state index is 1.12. The molecule has 1 aromatic heterocycles. The molecule has 0 radical (unpaired) electrons. The molecule has 0 saturated carbocycles. The maximum atomic E-state index is 2.33. The van der Waals surface area contributed by atoms with Gasteiger partial charge in [-0.3, -0.25) is 0 Å². The lowest BCUT2D eigenvalue weighted by Crippen LogP contribution is -2.09.